The van der Waals surface area contributed by atoms with Gasteiger partial charge in [-0.2, -0.15) is 0 Å². The summed E-state index contributed by atoms with van der Waals surface area (Å²) < 4.78 is 0. The largest absolute Gasteiger partial charge is 0.304 e. The van der Waals surface area contributed by atoms with Gasteiger partial charge in [-0.05, 0) is 53.1 Å². The van der Waals surface area contributed by atoms with Crippen molar-refractivity contribution in [2.24, 2.45) is 17.8 Å². The Hall–Kier alpha value is -1.03. The maximum Gasteiger partial charge on any atom is 0.135 e. The molecular weight excluding hydrogens is 362 g/mol. The van der Waals surface area contributed by atoms with Gasteiger partial charge in [-0.25, -0.2) is 0 Å². The Labute approximate surface area is 181 Å². The van der Waals surface area contributed by atoms with Crippen molar-refractivity contribution in [2.45, 2.75) is 113 Å². The highest BCUT2D eigenvalue weighted by Crippen LogP contribution is 2.09. The molecule has 0 unspecified atom stereocenters. The Balaban J connectivity index is 0. The van der Waals surface area contributed by atoms with E-state index in [2.05, 4.69) is 25.8 Å². The monoisotopic (exact) mass is 411 g/mol. The minimum atomic E-state index is 0.135. The zero-order valence-electron chi connectivity index (χ0n) is 20.8. The molecule has 0 saturated heterocycles. The summed E-state index contributed by atoms with van der Waals surface area (Å²) in [5.41, 5.74) is 0. The standard InChI is InChI=1S/C13H27NO.C12H22O2/c1-11(2)13(15)9-7-6-8-10-14(5)12(3)4;1-9(2)11(13)7-5-6-8-12(14)10(3)4/h11-12H,6-10H2,1-5H3;9-10H,5-8H2,1-4H3. The second kappa shape index (κ2) is 17.8. The van der Waals surface area contributed by atoms with Crippen LogP contribution in [-0.4, -0.2) is 41.9 Å². The van der Waals surface area contributed by atoms with Crippen LogP contribution in [0.5, 0.6) is 0 Å². The van der Waals surface area contributed by atoms with Crippen molar-refractivity contribution < 1.29 is 14.4 Å². The predicted molar refractivity (Wildman–Crippen MR) is 124 cm³/mol. The summed E-state index contributed by atoms with van der Waals surface area (Å²) in [6.45, 7) is 17.2. The predicted octanol–water partition coefficient (Wildman–Crippen LogP) is 6.11. The first kappa shape index (κ1) is 30.2. The van der Waals surface area contributed by atoms with Crippen molar-refractivity contribution in [3.8, 4) is 0 Å². The van der Waals surface area contributed by atoms with Crippen LogP contribution in [0.1, 0.15) is 107 Å². The number of ketones is 3. The lowest BCUT2D eigenvalue weighted by Crippen LogP contribution is -2.27. The molecule has 0 rings (SSSR count). The third-order valence-corrected chi connectivity index (χ3v) is 5.34. The lowest BCUT2D eigenvalue weighted by Gasteiger charge is -2.20. The van der Waals surface area contributed by atoms with E-state index in [0.29, 0.717) is 36.2 Å². The molecule has 4 nitrogen and oxygen atoms in total. The minimum Gasteiger partial charge on any atom is -0.304 e. The second-order valence-corrected chi connectivity index (χ2v) is 9.46. The van der Waals surface area contributed by atoms with Crippen LogP contribution in [0.25, 0.3) is 0 Å². The Kier molecular flexibility index (Phi) is 18.5. The van der Waals surface area contributed by atoms with Gasteiger partial charge >= 0.3 is 0 Å². The molecule has 0 aliphatic heterocycles. The Morgan fingerprint density at radius 1 is 0.552 bits per heavy atom. The van der Waals surface area contributed by atoms with Crippen molar-refractivity contribution in [3.05, 3.63) is 0 Å². The fourth-order valence-corrected chi connectivity index (χ4v) is 2.56. The smallest absolute Gasteiger partial charge is 0.135 e. The molecule has 0 aliphatic carbocycles. The third kappa shape index (κ3) is 18.7. The summed E-state index contributed by atoms with van der Waals surface area (Å²) in [4.78, 5) is 36.2. The van der Waals surface area contributed by atoms with Crippen LogP contribution in [0.3, 0.4) is 0 Å². The minimum absolute atomic E-state index is 0.135. The van der Waals surface area contributed by atoms with Gasteiger partial charge in [-0.1, -0.05) is 48.0 Å². The van der Waals surface area contributed by atoms with Gasteiger partial charge in [-0.15, -0.1) is 0 Å². The topological polar surface area (TPSA) is 54.5 Å². The molecule has 29 heavy (non-hydrogen) atoms. The van der Waals surface area contributed by atoms with E-state index in [0.717, 1.165) is 32.2 Å². The highest BCUT2D eigenvalue weighted by atomic mass is 16.1. The summed E-state index contributed by atoms with van der Waals surface area (Å²) in [7, 11) is 2.16. The van der Waals surface area contributed by atoms with E-state index >= 15 is 0 Å². The lowest BCUT2D eigenvalue weighted by atomic mass is 9.99. The molecule has 0 spiro atoms. The van der Waals surface area contributed by atoms with Crippen LogP contribution >= 0.6 is 0 Å². The molecule has 0 N–H and O–H groups in total. The first-order chi connectivity index (χ1) is 13.4. The summed E-state index contributed by atoms with van der Waals surface area (Å²) in [5, 5.41) is 0. The van der Waals surface area contributed by atoms with Gasteiger partial charge in [0, 0.05) is 43.1 Å². The van der Waals surface area contributed by atoms with Gasteiger partial charge < -0.3 is 4.90 Å². The zero-order valence-corrected chi connectivity index (χ0v) is 20.8. The van der Waals surface area contributed by atoms with E-state index in [1.807, 2.05) is 41.5 Å². The number of rotatable bonds is 15. The van der Waals surface area contributed by atoms with E-state index in [4.69, 9.17) is 0 Å². The van der Waals surface area contributed by atoms with Crippen LogP contribution in [0.4, 0.5) is 0 Å². The van der Waals surface area contributed by atoms with Gasteiger partial charge in [0.25, 0.3) is 0 Å². The fourth-order valence-electron chi connectivity index (χ4n) is 2.56. The van der Waals surface area contributed by atoms with Gasteiger partial charge in [-0.3, -0.25) is 14.4 Å². The average molecular weight is 412 g/mol. The van der Waals surface area contributed by atoms with Crippen molar-refractivity contribution >= 4 is 17.3 Å². The SMILES string of the molecule is CC(C)C(=O)CCCCC(=O)C(C)C.CC(C)C(=O)CCCCCN(C)C(C)C. The van der Waals surface area contributed by atoms with Gasteiger partial charge in [0.05, 0.1) is 0 Å². The van der Waals surface area contributed by atoms with Gasteiger partial charge in [0.2, 0.25) is 0 Å². The molecular formula is C25H49NO3. The maximum atomic E-state index is 11.3. The molecule has 0 aromatic rings. The zero-order chi connectivity index (χ0) is 23.0. The molecule has 0 fully saturated rings. The quantitative estimate of drug-likeness (QED) is 0.305. The Bertz CT molecular complexity index is 431. The van der Waals surface area contributed by atoms with Crippen LogP contribution in [0.2, 0.25) is 0 Å². The lowest BCUT2D eigenvalue weighted by molar-refractivity contribution is -0.123. The van der Waals surface area contributed by atoms with E-state index in [1.54, 1.807) is 0 Å². The van der Waals surface area contributed by atoms with Gasteiger partial charge in [0.1, 0.15) is 17.3 Å². The molecule has 0 saturated carbocycles. The van der Waals surface area contributed by atoms with Crippen LogP contribution < -0.4 is 0 Å². The highest BCUT2D eigenvalue weighted by molar-refractivity contribution is 5.81. The van der Waals surface area contributed by atoms with E-state index in [-0.39, 0.29) is 17.8 Å². The molecule has 0 aromatic carbocycles. The van der Waals surface area contributed by atoms with E-state index < -0.39 is 0 Å². The number of hydrogen-bond acceptors (Lipinski definition) is 4. The third-order valence-electron chi connectivity index (χ3n) is 5.34. The first-order valence-corrected chi connectivity index (χ1v) is 11.7. The fraction of sp³-hybridized carbons (Fsp3) is 0.880. The number of unbranched alkanes of at least 4 members (excludes halogenated alkanes) is 3. The van der Waals surface area contributed by atoms with Crippen LogP contribution in [0, 0.1) is 17.8 Å². The van der Waals surface area contributed by atoms with E-state index in [9.17, 15) is 14.4 Å². The first-order valence-electron chi connectivity index (χ1n) is 11.7. The Morgan fingerprint density at radius 3 is 1.14 bits per heavy atom. The van der Waals surface area contributed by atoms with Crippen molar-refractivity contribution in [3.63, 3.8) is 0 Å². The molecule has 172 valence electrons. The average Bonchev–Trinajstić information content (AvgIpc) is 2.64. The number of carbonyl (C=O) groups excluding carboxylic acids is 3. The summed E-state index contributed by atoms with van der Waals surface area (Å²) in [5.74, 6) is 1.51. The van der Waals surface area contributed by atoms with Crippen LogP contribution in [0.15, 0.2) is 0 Å². The molecule has 0 amide bonds. The number of Topliss-reactive ketones (excluding diaryl/α,β-unsaturated/α-hetero) is 3. The van der Waals surface area contributed by atoms with E-state index in [1.165, 1.54) is 12.8 Å². The second-order valence-electron chi connectivity index (χ2n) is 9.46. The molecule has 0 radical (unpaired) electrons. The summed E-state index contributed by atoms with van der Waals surface area (Å²) >= 11 is 0. The number of hydrogen-bond donors (Lipinski definition) is 0. The normalized spacial score (nSPS) is 11.4. The summed E-state index contributed by atoms with van der Waals surface area (Å²) in [6, 6.07) is 0.627. The Morgan fingerprint density at radius 2 is 0.862 bits per heavy atom. The highest BCUT2D eigenvalue weighted by Gasteiger charge is 2.09. The van der Waals surface area contributed by atoms with Gasteiger partial charge in [0.15, 0.2) is 0 Å². The van der Waals surface area contributed by atoms with Crippen molar-refractivity contribution in [2.75, 3.05) is 13.6 Å². The maximum absolute atomic E-state index is 11.3. The van der Waals surface area contributed by atoms with Crippen molar-refractivity contribution in [1.82, 2.24) is 4.90 Å². The molecule has 0 heterocycles. The molecule has 4 heteroatoms. The molecule has 0 aliphatic rings. The number of nitrogens with zero attached hydrogens (tertiary/aromatic N) is 1. The van der Waals surface area contributed by atoms with Crippen molar-refractivity contribution in [1.29, 1.82) is 0 Å². The number of carbonyl (C=O) groups is 3. The molecule has 0 bridgehead atoms. The molecule has 0 aromatic heterocycles. The summed E-state index contributed by atoms with van der Waals surface area (Å²) in [6.07, 6.45) is 7.18. The molecule has 0 atom stereocenters. The van der Waals surface area contributed by atoms with Crippen LogP contribution in [-0.2, 0) is 14.4 Å².